The van der Waals surface area contributed by atoms with E-state index in [1.807, 2.05) is 18.2 Å². The molecule has 21 heavy (non-hydrogen) atoms. The highest BCUT2D eigenvalue weighted by atomic mass is 35.5. The minimum Gasteiger partial charge on any atom is -0.271 e. The van der Waals surface area contributed by atoms with Gasteiger partial charge in [0.1, 0.15) is 5.82 Å². The fraction of sp³-hybridized carbons (Fsp3) is 0.125. The van der Waals surface area contributed by atoms with E-state index in [9.17, 15) is 4.39 Å². The van der Waals surface area contributed by atoms with E-state index >= 15 is 0 Å². The molecule has 1 aromatic heterocycles. The first-order valence-corrected chi connectivity index (χ1v) is 7.81. The molecule has 108 valence electrons. The summed E-state index contributed by atoms with van der Waals surface area (Å²) in [5, 5.41) is 3.41. The van der Waals surface area contributed by atoms with E-state index in [4.69, 9.17) is 17.4 Å². The van der Waals surface area contributed by atoms with Crippen LogP contribution in [-0.2, 0) is 6.42 Å². The van der Waals surface area contributed by atoms with E-state index in [-0.39, 0.29) is 11.1 Å². The molecular formula is C16H14ClFN2S. The maximum atomic E-state index is 13.5. The van der Waals surface area contributed by atoms with E-state index < -0.39 is 5.82 Å². The van der Waals surface area contributed by atoms with Crippen molar-refractivity contribution in [1.29, 1.82) is 0 Å². The molecule has 5 heteroatoms. The number of rotatable bonds is 4. The molecule has 1 heterocycles. The molecule has 0 aliphatic rings. The van der Waals surface area contributed by atoms with Crippen molar-refractivity contribution in [2.75, 3.05) is 0 Å². The Labute approximate surface area is 131 Å². The quantitative estimate of drug-likeness (QED) is 0.551. The summed E-state index contributed by atoms with van der Waals surface area (Å²) in [7, 11) is 0. The predicted molar refractivity (Wildman–Crippen MR) is 87.0 cm³/mol. The first-order valence-electron chi connectivity index (χ1n) is 6.56. The molecule has 2 nitrogen and oxygen atoms in total. The van der Waals surface area contributed by atoms with Gasteiger partial charge in [0.25, 0.3) is 0 Å². The van der Waals surface area contributed by atoms with Gasteiger partial charge in [-0.15, -0.1) is 11.3 Å². The van der Waals surface area contributed by atoms with Gasteiger partial charge < -0.3 is 0 Å². The lowest BCUT2D eigenvalue weighted by Crippen LogP contribution is -2.29. The van der Waals surface area contributed by atoms with Gasteiger partial charge in [-0.3, -0.25) is 11.3 Å². The lowest BCUT2D eigenvalue weighted by molar-refractivity contribution is 0.553. The standard InChI is InChI=1S/C16H14ClFN2S/c17-16-10(4-3-6-13(16)18)8-14(20-19)12-9-21-15-7-2-1-5-11(12)15/h1-7,9,14,20H,8,19H2. The van der Waals surface area contributed by atoms with E-state index in [0.717, 1.165) is 16.5 Å². The zero-order valence-electron chi connectivity index (χ0n) is 11.1. The number of hydrogen-bond acceptors (Lipinski definition) is 3. The number of nitrogens with one attached hydrogen (secondary N) is 1. The molecular weight excluding hydrogens is 307 g/mol. The summed E-state index contributed by atoms with van der Waals surface area (Å²) in [6, 6.07) is 12.9. The summed E-state index contributed by atoms with van der Waals surface area (Å²) >= 11 is 7.71. The summed E-state index contributed by atoms with van der Waals surface area (Å²) in [5.41, 5.74) is 4.67. The first-order chi connectivity index (χ1) is 10.2. The molecule has 3 aromatic rings. The summed E-state index contributed by atoms with van der Waals surface area (Å²) in [6.45, 7) is 0. The van der Waals surface area contributed by atoms with Gasteiger partial charge in [-0.2, -0.15) is 0 Å². The fourth-order valence-electron chi connectivity index (χ4n) is 2.45. The lowest BCUT2D eigenvalue weighted by atomic mass is 9.99. The van der Waals surface area contributed by atoms with Crippen LogP contribution in [0, 0.1) is 5.82 Å². The number of hydrazine groups is 1. The Balaban J connectivity index is 1.97. The Kier molecular flexibility index (Phi) is 4.22. The maximum absolute atomic E-state index is 13.5. The highest BCUT2D eigenvalue weighted by molar-refractivity contribution is 7.17. The van der Waals surface area contributed by atoms with Gasteiger partial charge >= 0.3 is 0 Å². The summed E-state index contributed by atoms with van der Waals surface area (Å²) in [4.78, 5) is 0. The lowest BCUT2D eigenvalue weighted by Gasteiger charge is -2.16. The van der Waals surface area contributed by atoms with Crippen LogP contribution in [0.3, 0.4) is 0 Å². The van der Waals surface area contributed by atoms with Crippen molar-refractivity contribution in [3.63, 3.8) is 0 Å². The monoisotopic (exact) mass is 320 g/mol. The molecule has 0 saturated carbocycles. The van der Waals surface area contributed by atoms with Crippen LogP contribution in [0.2, 0.25) is 5.02 Å². The van der Waals surface area contributed by atoms with Crippen LogP contribution < -0.4 is 11.3 Å². The van der Waals surface area contributed by atoms with E-state index in [1.54, 1.807) is 17.4 Å². The largest absolute Gasteiger partial charge is 0.271 e. The zero-order valence-corrected chi connectivity index (χ0v) is 12.7. The maximum Gasteiger partial charge on any atom is 0.142 e. The van der Waals surface area contributed by atoms with E-state index in [1.165, 1.54) is 10.8 Å². The molecule has 0 radical (unpaired) electrons. The average molecular weight is 321 g/mol. The second kappa shape index (κ2) is 6.12. The van der Waals surface area contributed by atoms with Crippen LogP contribution in [0.25, 0.3) is 10.1 Å². The van der Waals surface area contributed by atoms with Crippen LogP contribution in [0.15, 0.2) is 47.8 Å². The highest BCUT2D eigenvalue weighted by Gasteiger charge is 2.17. The number of nitrogens with two attached hydrogens (primary N) is 1. The Hall–Kier alpha value is -1.46. The van der Waals surface area contributed by atoms with Crippen LogP contribution >= 0.6 is 22.9 Å². The number of benzene rings is 2. The molecule has 1 unspecified atom stereocenters. The topological polar surface area (TPSA) is 38.0 Å². The molecule has 0 aliphatic carbocycles. The van der Waals surface area contributed by atoms with Crippen LogP contribution in [0.1, 0.15) is 17.2 Å². The minimum atomic E-state index is -0.403. The Morgan fingerprint density at radius 2 is 2.00 bits per heavy atom. The third kappa shape index (κ3) is 2.80. The molecule has 0 aliphatic heterocycles. The Morgan fingerprint density at radius 3 is 2.81 bits per heavy atom. The average Bonchev–Trinajstić information content (AvgIpc) is 2.93. The summed E-state index contributed by atoms with van der Waals surface area (Å²) < 4.78 is 14.8. The van der Waals surface area contributed by atoms with E-state index in [0.29, 0.717) is 6.42 Å². The van der Waals surface area contributed by atoms with Crippen molar-refractivity contribution in [1.82, 2.24) is 5.43 Å². The van der Waals surface area contributed by atoms with Crippen LogP contribution in [0.5, 0.6) is 0 Å². The summed E-state index contributed by atoms with van der Waals surface area (Å²) in [5.74, 6) is 5.31. The van der Waals surface area contributed by atoms with Gasteiger partial charge in [0.05, 0.1) is 11.1 Å². The van der Waals surface area contributed by atoms with Crippen molar-refractivity contribution in [3.05, 3.63) is 69.8 Å². The van der Waals surface area contributed by atoms with Gasteiger partial charge in [-0.05, 0) is 40.4 Å². The SMILES string of the molecule is NNC(Cc1cccc(F)c1Cl)c1csc2ccccc12. The molecule has 0 spiro atoms. The molecule has 1 atom stereocenters. The fourth-order valence-corrected chi connectivity index (χ4v) is 3.67. The Bertz CT molecular complexity index is 772. The van der Waals surface area contributed by atoms with Gasteiger partial charge in [-0.1, -0.05) is 41.9 Å². The first kappa shape index (κ1) is 14.5. The highest BCUT2D eigenvalue weighted by Crippen LogP contribution is 2.33. The second-order valence-corrected chi connectivity index (χ2v) is 6.11. The van der Waals surface area contributed by atoms with Crippen molar-refractivity contribution in [3.8, 4) is 0 Å². The van der Waals surface area contributed by atoms with Crippen LogP contribution in [0.4, 0.5) is 4.39 Å². The summed E-state index contributed by atoms with van der Waals surface area (Å²) in [6.07, 6.45) is 0.536. The molecule has 0 saturated heterocycles. The number of fused-ring (bicyclic) bond motifs is 1. The number of halogens is 2. The number of hydrogen-bond donors (Lipinski definition) is 2. The predicted octanol–water partition coefficient (Wildman–Crippen LogP) is 4.44. The molecule has 0 bridgehead atoms. The second-order valence-electron chi connectivity index (χ2n) is 4.82. The van der Waals surface area contributed by atoms with E-state index in [2.05, 4.69) is 22.9 Å². The molecule has 0 amide bonds. The number of thiophene rings is 1. The van der Waals surface area contributed by atoms with Gasteiger partial charge in [0.15, 0.2) is 0 Å². The smallest absolute Gasteiger partial charge is 0.142 e. The Morgan fingerprint density at radius 1 is 1.19 bits per heavy atom. The molecule has 3 N–H and O–H groups in total. The van der Waals surface area contributed by atoms with Crippen molar-refractivity contribution in [2.24, 2.45) is 5.84 Å². The molecule has 0 fully saturated rings. The van der Waals surface area contributed by atoms with Gasteiger partial charge in [-0.25, -0.2) is 4.39 Å². The minimum absolute atomic E-state index is 0.111. The van der Waals surface area contributed by atoms with Crippen molar-refractivity contribution in [2.45, 2.75) is 12.5 Å². The van der Waals surface area contributed by atoms with Crippen molar-refractivity contribution >= 4 is 33.0 Å². The van der Waals surface area contributed by atoms with Gasteiger partial charge in [0, 0.05) is 4.70 Å². The zero-order chi connectivity index (χ0) is 14.8. The third-order valence-electron chi connectivity index (χ3n) is 3.54. The molecule has 2 aromatic carbocycles. The third-order valence-corrected chi connectivity index (χ3v) is 4.95. The van der Waals surface area contributed by atoms with Gasteiger partial charge in [0.2, 0.25) is 0 Å². The molecule has 3 rings (SSSR count). The van der Waals surface area contributed by atoms with Crippen molar-refractivity contribution < 1.29 is 4.39 Å². The van der Waals surface area contributed by atoms with Crippen LogP contribution in [-0.4, -0.2) is 0 Å². The normalized spacial score (nSPS) is 12.7.